The number of rotatable bonds is 8. The van der Waals surface area contributed by atoms with E-state index in [2.05, 4.69) is 30.8 Å². The molecule has 0 bridgehead atoms. The fourth-order valence-electron chi connectivity index (χ4n) is 3.26. The number of amidine groups is 1. The van der Waals surface area contributed by atoms with E-state index in [1.54, 1.807) is 19.1 Å². The molecule has 2 aromatic rings. The number of nitrogens with zero attached hydrogens (tertiary/aromatic N) is 4. The zero-order valence-electron chi connectivity index (χ0n) is 19.3. The molecule has 1 amide bonds. The van der Waals surface area contributed by atoms with Crippen molar-refractivity contribution in [3.8, 4) is 0 Å². The first kappa shape index (κ1) is 27.6. The Balaban J connectivity index is 1.35. The van der Waals surface area contributed by atoms with Crippen LogP contribution in [0.1, 0.15) is 6.92 Å². The molecule has 0 spiro atoms. The topological polar surface area (TPSA) is 118 Å². The lowest BCUT2D eigenvalue weighted by molar-refractivity contribution is -0.139. The van der Waals surface area contributed by atoms with Crippen molar-refractivity contribution in [2.24, 2.45) is 15.9 Å². The van der Waals surface area contributed by atoms with Gasteiger partial charge < -0.3 is 15.4 Å². The Morgan fingerprint density at radius 3 is 2.78 bits per heavy atom. The lowest BCUT2D eigenvalue weighted by Gasteiger charge is -2.27. The number of anilines is 1. The first-order valence-corrected chi connectivity index (χ1v) is 14.1. The van der Waals surface area contributed by atoms with Crippen LogP contribution in [0.4, 0.5) is 10.1 Å². The lowest BCUT2D eigenvalue weighted by atomic mass is 9.92. The average Bonchev–Trinajstić information content (AvgIpc) is 3.33. The molecule has 0 fully saturated rings. The van der Waals surface area contributed by atoms with Crippen LogP contribution in [-0.2, 0) is 14.3 Å². The first-order valence-electron chi connectivity index (χ1n) is 10.6. The van der Waals surface area contributed by atoms with Gasteiger partial charge in [-0.15, -0.1) is 10.2 Å². The van der Waals surface area contributed by atoms with Crippen LogP contribution in [-0.4, -0.2) is 58.4 Å². The van der Waals surface area contributed by atoms with Crippen LogP contribution < -0.4 is 10.6 Å². The SMILES string of the molecule is COC(=O)C(C)Sc1nnc(SCC(=O)NC2=CC3C(Nc4cc(Cl)c(Cl)cc4F)=NC=NC3C=C2)s1. The normalized spacial score (nSPS) is 18.9. The van der Waals surface area contributed by atoms with Gasteiger partial charge in [0, 0.05) is 5.70 Å². The van der Waals surface area contributed by atoms with Crippen molar-refractivity contribution in [2.75, 3.05) is 18.2 Å². The quantitative estimate of drug-likeness (QED) is 0.251. The Kier molecular flexibility index (Phi) is 9.24. The number of ether oxygens (including phenoxy) is 1. The maximum Gasteiger partial charge on any atom is 0.318 e. The van der Waals surface area contributed by atoms with Crippen molar-refractivity contribution in [3.05, 3.63) is 51.9 Å². The molecule has 2 heterocycles. The minimum absolute atomic E-state index is 0.108. The molecule has 3 unspecified atom stereocenters. The van der Waals surface area contributed by atoms with Crippen LogP contribution in [0.5, 0.6) is 0 Å². The van der Waals surface area contributed by atoms with Gasteiger partial charge in [-0.3, -0.25) is 14.6 Å². The van der Waals surface area contributed by atoms with Crippen molar-refractivity contribution < 1.29 is 18.7 Å². The van der Waals surface area contributed by atoms with Gasteiger partial charge in [-0.05, 0) is 31.2 Å². The molecule has 1 aromatic carbocycles. The number of hydrogen-bond donors (Lipinski definition) is 2. The fourth-order valence-corrected chi connectivity index (χ4v) is 6.56. The second-order valence-corrected chi connectivity index (χ2v) is 12.2. The Bertz CT molecular complexity index is 1330. The van der Waals surface area contributed by atoms with Gasteiger partial charge in [-0.2, -0.15) is 0 Å². The van der Waals surface area contributed by atoms with Gasteiger partial charge in [0.2, 0.25) is 5.91 Å². The number of amides is 1. The third-order valence-electron chi connectivity index (χ3n) is 5.03. The molecule has 1 aromatic heterocycles. The second kappa shape index (κ2) is 12.4. The summed E-state index contributed by atoms with van der Waals surface area (Å²) in [5.74, 6) is -0.965. The predicted molar refractivity (Wildman–Crippen MR) is 147 cm³/mol. The Morgan fingerprint density at radius 2 is 2.00 bits per heavy atom. The van der Waals surface area contributed by atoms with E-state index in [4.69, 9.17) is 27.9 Å². The zero-order valence-corrected chi connectivity index (χ0v) is 23.2. The highest BCUT2D eigenvalue weighted by atomic mass is 35.5. The number of halogens is 3. The summed E-state index contributed by atoms with van der Waals surface area (Å²) >= 11 is 15.7. The molecule has 15 heteroatoms. The van der Waals surface area contributed by atoms with E-state index in [1.807, 2.05) is 6.08 Å². The molecule has 1 aliphatic carbocycles. The third kappa shape index (κ3) is 7.11. The minimum Gasteiger partial charge on any atom is -0.468 e. The molecule has 2 N–H and O–H groups in total. The highest BCUT2D eigenvalue weighted by Crippen LogP contribution is 2.32. The largest absolute Gasteiger partial charge is 0.468 e. The molecule has 9 nitrogen and oxygen atoms in total. The van der Waals surface area contributed by atoms with E-state index in [9.17, 15) is 14.0 Å². The number of methoxy groups -OCH3 is 1. The number of allylic oxidation sites excluding steroid dienone is 1. The summed E-state index contributed by atoms with van der Waals surface area (Å²) in [6, 6.07) is 2.25. The summed E-state index contributed by atoms with van der Waals surface area (Å²) < 4.78 is 20.3. The molecule has 194 valence electrons. The van der Waals surface area contributed by atoms with Gasteiger partial charge in [0.15, 0.2) is 8.68 Å². The van der Waals surface area contributed by atoms with Gasteiger partial charge in [0.25, 0.3) is 0 Å². The van der Waals surface area contributed by atoms with Gasteiger partial charge >= 0.3 is 5.97 Å². The van der Waals surface area contributed by atoms with Gasteiger partial charge in [-0.1, -0.05) is 64.1 Å². The summed E-state index contributed by atoms with van der Waals surface area (Å²) in [6.45, 7) is 1.72. The number of thioether (sulfide) groups is 2. The van der Waals surface area contributed by atoms with Crippen molar-refractivity contribution in [3.63, 3.8) is 0 Å². The smallest absolute Gasteiger partial charge is 0.318 e. The van der Waals surface area contributed by atoms with E-state index < -0.39 is 11.1 Å². The number of hydrogen-bond acceptors (Lipinski definition) is 11. The third-order valence-corrected chi connectivity index (χ3v) is 8.97. The van der Waals surface area contributed by atoms with E-state index in [-0.39, 0.29) is 45.3 Å². The van der Waals surface area contributed by atoms with Crippen LogP contribution in [0.3, 0.4) is 0 Å². The molecule has 0 saturated heterocycles. The Morgan fingerprint density at radius 1 is 1.24 bits per heavy atom. The van der Waals surface area contributed by atoms with E-state index in [0.29, 0.717) is 20.2 Å². The first-order chi connectivity index (χ1) is 17.7. The predicted octanol–water partition coefficient (Wildman–Crippen LogP) is 4.84. The van der Waals surface area contributed by atoms with Crippen LogP contribution in [0, 0.1) is 11.7 Å². The standard InChI is InChI=1S/C22H19Cl2FN6O3S3/c1-10(20(33)34-2)36-22-31-30-21(37-22)35-8-18(32)28-11-3-4-16-12(5-11)19(27-9-26-16)29-17-7-14(24)13(23)6-15(17)25/h3-7,9-10,12,16H,8H2,1-2H3,(H,28,32)(H,26,27,29). The number of aliphatic imine (C=N–C) groups is 2. The van der Waals surface area contributed by atoms with Crippen molar-refractivity contribution in [2.45, 2.75) is 26.9 Å². The zero-order chi connectivity index (χ0) is 26.5. The molecular formula is C22H19Cl2FN6O3S3. The number of fused-ring (bicyclic) bond motifs is 1. The number of esters is 1. The molecule has 0 radical (unpaired) electrons. The fraction of sp³-hybridized carbons (Fsp3) is 0.273. The molecule has 3 atom stereocenters. The lowest BCUT2D eigenvalue weighted by Crippen LogP contribution is -2.36. The number of nitrogens with one attached hydrogen (secondary N) is 2. The van der Waals surface area contributed by atoms with Crippen LogP contribution in [0.15, 0.2) is 54.7 Å². The van der Waals surface area contributed by atoms with Gasteiger partial charge in [0.05, 0.1) is 40.6 Å². The molecule has 1 aliphatic heterocycles. The van der Waals surface area contributed by atoms with E-state index >= 15 is 0 Å². The highest BCUT2D eigenvalue weighted by molar-refractivity contribution is 8.04. The number of carbonyl (C=O) groups is 2. The summed E-state index contributed by atoms with van der Waals surface area (Å²) in [4.78, 5) is 32.7. The minimum atomic E-state index is -0.574. The number of benzene rings is 1. The maximum absolute atomic E-state index is 14.4. The summed E-state index contributed by atoms with van der Waals surface area (Å²) in [6.07, 6.45) is 6.80. The summed E-state index contributed by atoms with van der Waals surface area (Å²) in [5.41, 5.74) is 0.691. The molecule has 2 aliphatic rings. The van der Waals surface area contributed by atoms with Gasteiger partial charge in [-0.25, -0.2) is 9.38 Å². The summed E-state index contributed by atoms with van der Waals surface area (Å²) in [7, 11) is 1.33. The molecule has 37 heavy (non-hydrogen) atoms. The van der Waals surface area contributed by atoms with Crippen LogP contribution >= 0.6 is 58.1 Å². The van der Waals surface area contributed by atoms with Crippen molar-refractivity contribution in [1.82, 2.24) is 15.5 Å². The average molecular weight is 602 g/mol. The van der Waals surface area contributed by atoms with Crippen LogP contribution in [0.25, 0.3) is 0 Å². The molecular weight excluding hydrogens is 582 g/mol. The van der Waals surface area contributed by atoms with Crippen molar-refractivity contribution in [1.29, 1.82) is 0 Å². The number of aromatic nitrogens is 2. The van der Waals surface area contributed by atoms with Gasteiger partial charge in [0.1, 0.15) is 23.2 Å². The maximum atomic E-state index is 14.4. The van der Waals surface area contributed by atoms with E-state index in [0.717, 1.165) is 6.07 Å². The Hall–Kier alpha value is -2.45. The molecule has 0 saturated carbocycles. The second-order valence-electron chi connectivity index (χ2n) is 7.60. The van der Waals surface area contributed by atoms with E-state index in [1.165, 1.54) is 54.4 Å². The number of carbonyl (C=O) groups excluding carboxylic acids is 2. The molecule has 4 rings (SSSR count). The highest BCUT2D eigenvalue weighted by Gasteiger charge is 2.29. The van der Waals surface area contributed by atoms with Crippen LogP contribution in [0.2, 0.25) is 10.0 Å². The Labute approximate surface area is 234 Å². The monoisotopic (exact) mass is 600 g/mol. The summed E-state index contributed by atoms with van der Waals surface area (Å²) in [5, 5.41) is 13.8. The van der Waals surface area contributed by atoms with Crippen molar-refractivity contribution >= 4 is 87.8 Å².